The Morgan fingerprint density at radius 2 is 2.00 bits per heavy atom. The number of hydrogen-bond acceptors (Lipinski definition) is 8. The van der Waals surface area contributed by atoms with E-state index in [-0.39, 0.29) is 50.0 Å². The summed E-state index contributed by atoms with van der Waals surface area (Å²) in [6.45, 7) is 5.95. The summed E-state index contributed by atoms with van der Waals surface area (Å²) in [5.41, 5.74) is 1.36. The SMILES string of the molecule is CC(C)Oc1nccc(-c2[nH]c(C3OCC(C)(C(=O)NCCC#N)CO3)nc2-c2ccc(F)cc2)n1. The zero-order valence-electron chi connectivity index (χ0n) is 20.2. The minimum absolute atomic E-state index is 0.0951. The van der Waals surface area contributed by atoms with Crippen LogP contribution in [0.3, 0.4) is 0 Å². The molecule has 1 saturated heterocycles. The highest BCUT2D eigenvalue weighted by Gasteiger charge is 2.40. The molecule has 1 fully saturated rings. The van der Waals surface area contributed by atoms with Crippen LogP contribution in [0, 0.1) is 22.6 Å². The molecule has 4 rings (SSSR count). The number of benzene rings is 1. The number of carbonyl (C=O) groups is 1. The van der Waals surface area contributed by atoms with Crippen LogP contribution in [0.4, 0.5) is 4.39 Å². The molecule has 11 heteroatoms. The van der Waals surface area contributed by atoms with Crippen LogP contribution in [0.5, 0.6) is 6.01 Å². The molecule has 1 aliphatic rings. The third-order valence-corrected chi connectivity index (χ3v) is 5.47. The molecule has 188 valence electrons. The van der Waals surface area contributed by atoms with Gasteiger partial charge in [-0.25, -0.2) is 14.4 Å². The highest BCUT2D eigenvalue weighted by atomic mass is 19.1. The van der Waals surface area contributed by atoms with Gasteiger partial charge in [0.2, 0.25) is 12.2 Å². The maximum absolute atomic E-state index is 13.6. The first-order valence-electron chi connectivity index (χ1n) is 11.5. The number of imidazole rings is 1. The number of ether oxygens (including phenoxy) is 3. The Morgan fingerprint density at radius 1 is 1.28 bits per heavy atom. The van der Waals surface area contributed by atoms with Crippen molar-refractivity contribution in [3.63, 3.8) is 0 Å². The Balaban J connectivity index is 1.61. The standard InChI is InChI=1S/C25H27FN6O4/c1-15(2)36-24-29-12-9-18(30-24)20-19(16-5-7-17(26)8-6-16)31-21(32-20)22-34-13-25(3,14-35-22)23(33)28-11-4-10-27/h5-9,12,15,22H,4,11,13-14H2,1-3H3,(H,28,33)(H,31,32). The molecule has 3 heterocycles. The number of hydrogen-bond donors (Lipinski definition) is 2. The Kier molecular flexibility index (Phi) is 7.57. The largest absolute Gasteiger partial charge is 0.461 e. The fraction of sp³-hybridized carbons (Fsp3) is 0.400. The predicted octanol–water partition coefficient (Wildman–Crippen LogP) is 3.54. The van der Waals surface area contributed by atoms with E-state index in [0.29, 0.717) is 28.5 Å². The monoisotopic (exact) mass is 494 g/mol. The number of halogens is 1. The van der Waals surface area contributed by atoms with Crippen molar-refractivity contribution in [2.24, 2.45) is 5.41 Å². The summed E-state index contributed by atoms with van der Waals surface area (Å²) in [6.07, 6.45) is 0.843. The zero-order valence-corrected chi connectivity index (χ0v) is 20.2. The maximum atomic E-state index is 13.6. The lowest BCUT2D eigenvalue weighted by atomic mass is 9.91. The Labute approximate surface area is 207 Å². The Morgan fingerprint density at radius 3 is 2.67 bits per heavy atom. The third-order valence-electron chi connectivity index (χ3n) is 5.47. The maximum Gasteiger partial charge on any atom is 0.317 e. The van der Waals surface area contributed by atoms with Gasteiger partial charge in [-0.2, -0.15) is 10.2 Å². The molecule has 0 aliphatic carbocycles. The highest BCUT2D eigenvalue weighted by Crippen LogP contribution is 2.35. The van der Waals surface area contributed by atoms with Crippen LogP contribution in [0.2, 0.25) is 0 Å². The molecule has 0 saturated carbocycles. The molecule has 0 radical (unpaired) electrons. The summed E-state index contributed by atoms with van der Waals surface area (Å²) in [4.78, 5) is 29.1. The van der Waals surface area contributed by atoms with E-state index in [4.69, 9.17) is 19.5 Å². The van der Waals surface area contributed by atoms with Crippen LogP contribution in [0.15, 0.2) is 36.5 Å². The highest BCUT2D eigenvalue weighted by molar-refractivity contribution is 5.82. The molecule has 2 aromatic heterocycles. The molecule has 0 bridgehead atoms. The van der Waals surface area contributed by atoms with Gasteiger partial charge in [-0.15, -0.1) is 0 Å². The summed E-state index contributed by atoms with van der Waals surface area (Å²) in [5, 5.41) is 11.4. The molecule has 2 N–H and O–H groups in total. The molecular weight excluding hydrogens is 467 g/mol. The van der Waals surface area contributed by atoms with E-state index in [9.17, 15) is 9.18 Å². The van der Waals surface area contributed by atoms with Gasteiger partial charge in [-0.05, 0) is 51.1 Å². The van der Waals surface area contributed by atoms with E-state index in [0.717, 1.165) is 0 Å². The van der Waals surface area contributed by atoms with Crippen LogP contribution < -0.4 is 10.1 Å². The number of aromatic nitrogens is 4. The Hall–Kier alpha value is -3.88. The van der Waals surface area contributed by atoms with Crippen molar-refractivity contribution in [2.75, 3.05) is 19.8 Å². The minimum Gasteiger partial charge on any atom is -0.461 e. The summed E-state index contributed by atoms with van der Waals surface area (Å²) in [6, 6.07) is 9.86. The minimum atomic E-state index is -0.906. The normalized spacial score (nSPS) is 19.6. The van der Waals surface area contributed by atoms with Crippen LogP contribution in [0.1, 0.15) is 39.3 Å². The summed E-state index contributed by atoms with van der Waals surface area (Å²) < 4.78 is 31.0. The van der Waals surface area contributed by atoms with Crippen molar-refractivity contribution in [2.45, 2.75) is 39.6 Å². The number of amides is 1. The van der Waals surface area contributed by atoms with Crippen LogP contribution >= 0.6 is 0 Å². The second-order valence-corrected chi connectivity index (χ2v) is 8.92. The fourth-order valence-electron chi connectivity index (χ4n) is 3.60. The van der Waals surface area contributed by atoms with Crippen LogP contribution in [0.25, 0.3) is 22.6 Å². The topological polar surface area (TPSA) is 135 Å². The molecule has 0 unspecified atom stereocenters. The number of rotatable bonds is 8. The smallest absolute Gasteiger partial charge is 0.317 e. The average Bonchev–Trinajstić information content (AvgIpc) is 3.30. The van der Waals surface area contributed by atoms with Gasteiger partial charge < -0.3 is 24.5 Å². The number of nitriles is 1. The van der Waals surface area contributed by atoms with Gasteiger partial charge in [-0.1, -0.05) is 0 Å². The molecule has 1 aliphatic heterocycles. The quantitative estimate of drug-likeness (QED) is 0.454. The number of nitrogens with zero attached hydrogens (tertiary/aromatic N) is 4. The zero-order chi connectivity index (χ0) is 25.7. The van der Waals surface area contributed by atoms with Gasteiger partial charge in [0.15, 0.2) is 5.82 Å². The molecule has 1 amide bonds. The fourth-order valence-corrected chi connectivity index (χ4v) is 3.60. The number of nitrogens with one attached hydrogen (secondary N) is 2. The van der Waals surface area contributed by atoms with Crippen molar-refractivity contribution in [1.82, 2.24) is 25.3 Å². The summed E-state index contributed by atoms with van der Waals surface area (Å²) >= 11 is 0. The van der Waals surface area contributed by atoms with E-state index in [1.807, 2.05) is 19.9 Å². The lowest BCUT2D eigenvalue weighted by molar-refractivity contribution is -0.231. The van der Waals surface area contributed by atoms with Gasteiger partial charge in [-0.3, -0.25) is 4.79 Å². The molecular formula is C25H27FN6O4. The van der Waals surface area contributed by atoms with Gasteiger partial charge >= 0.3 is 6.01 Å². The lowest BCUT2D eigenvalue weighted by Crippen LogP contribution is -2.48. The molecule has 3 aromatic rings. The number of aromatic amines is 1. The van der Waals surface area contributed by atoms with E-state index in [1.165, 1.54) is 12.1 Å². The predicted molar refractivity (Wildman–Crippen MR) is 127 cm³/mol. The second kappa shape index (κ2) is 10.8. The second-order valence-electron chi connectivity index (χ2n) is 8.92. The van der Waals surface area contributed by atoms with Crippen LogP contribution in [-0.4, -0.2) is 51.7 Å². The van der Waals surface area contributed by atoms with Crippen molar-refractivity contribution in [3.8, 4) is 34.7 Å². The Bertz CT molecular complexity index is 1250. The van der Waals surface area contributed by atoms with Crippen LogP contribution in [-0.2, 0) is 14.3 Å². The summed E-state index contributed by atoms with van der Waals surface area (Å²) in [5.74, 6) is -0.236. The number of carbonyl (C=O) groups excluding carboxylic acids is 1. The molecule has 36 heavy (non-hydrogen) atoms. The molecule has 10 nitrogen and oxygen atoms in total. The van der Waals surface area contributed by atoms with E-state index in [2.05, 4.69) is 25.3 Å². The third kappa shape index (κ3) is 5.67. The van der Waals surface area contributed by atoms with E-state index >= 15 is 0 Å². The first-order valence-corrected chi connectivity index (χ1v) is 11.5. The molecule has 0 spiro atoms. The van der Waals surface area contributed by atoms with Crippen molar-refractivity contribution in [1.29, 1.82) is 5.26 Å². The van der Waals surface area contributed by atoms with E-state index < -0.39 is 11.7 Å². The van der Waals surface area contributed by atoms with E-state index in [1.54, 1.807) is 31.3 Å². The average molecular weight is 495 g/mol. The lowest BCUT2D eigenvalue weighted by Gasteiger charge is -2.35. The van der Waals surface area contributed by atoms with Gasteiger partial charge in [0.05, 0.1) is 54.3 Å². The van der Waals surface area contributed by atoms with Crippen molar-refractivity contribution < 1.29 is 23.4 Å². The summed E-state index contributed by atoms with van der Waals surface area (Å²) in [7, 11) is 0. The molecule has 0 atom stereocenters. The van der Waals surface area contributed by atoms with Crippen molar-refractivity contribution in [3.05, 3.63) is 48.2 Å². The first kappa shape index (κ1) is 25.2. The van der Waals surface area contributed by atoms with Gasteiger partial charge in [0.1, 0.15) is 5.82 Å². The first-order chi connectivity index (χ1) is 17.3. The van der Waals surface area contributed by atoms with Crippen molar-refractivity contribution >= 4 is 5.91 Å². The number of H-pyrrole nitrogens is 1. The van der Waals surface area contributed by atoms with Gasteiger partial charge in [0.25, 0.3) is 0 Å². The van der Waals surface area contributed by atoms with Gasteiger partial charge in [0, 0.05) is 18.3 Å². The molecule has 1 aromatic carbocycles.